The van der Waals surface area contributed by atoms with E-state index in [1.807, 2.05) is 48.7 Å². The van der Waals surface area contributed by atoms with E-state index in [0.29, 0.717) is 24.7 Å². The summed E-state index contributed by atoms with van der Waals surface area (Å²) in [6.45, 7) is 2.42. The van der Waals surface area contributed by atoms with Crippen LogP contribution in [0.2, 0.25) is 0 Å². The van der Waals surface area contributed by atoms with E-state index in [1.165, 1.54) is 11.8 Å². The van der Waals surface area contributed by atoms with Crippen molar-refractivity contribution in [2.75, 3.05) is 12.4 Å². The minimum absolute atomic E-state index is 0.100. The number of thioether (sulfide) groups is 1. The second-order valence-electron chi connectivity index (χ2n) is 5.63. The van der Waals surface area contributed by atoms with Crippen LogP contribution in [0.1, 0.15) is 17.0 Å². The third-order valence-electron chi connectivity index (χ3n) is 3.62. The highest BCUT2D eigenvalue weighted by molar-refractivity contribution is 7.99. The summed E-state index contributed by atoms with van der Waals surface area (Å²) in [6, 6.07) is 11.7. The Labute approximate surface area is 160 Å². The molecule has 2 aromatic heterocycles. The van der Waals surface area contributed by atoms with Crippen LogP contribution in [0.4, 0.5) is 0 Å². The number of carboxylic acids is 1. The van der Waals surface area contributed by atoms with E-state index in [0.717, 1.165) is 27.6 Å². The number of thiophene rings is 1. The first-order chi connectivity index (χ1) is 12.6. The number of carboxylic acid groups (broad SMARTS) is 1. The summed E-state index contributed by atoms with van der Waals surface area (Å²) in [4.78, 5) is 16.2. The van der Waals surface area contributed by atoms with Gasteiger partial charge in [-0.05, 0) is 36.1 Å². The van der Waals surface area contributed by atoms with Gasteiger partial charge in [-0.25, -0.2) is 4.98 Å². The van der Waals surface area contributed by atoms with Crippen LogP contribution in [-0.2, 0) is 17.0 Å². The molecular formula is C19H19NO4S2. The molecule has 0 unspecified atom stereocenters. The molecule has 0 fully saturated rings. The fourth-order valence-electron chi connectivity index (χ4n) is 2.41. The zero-order valence-electron chi connectivity index (χ0n) is 14.3. The Bertz CT molecular complexity index is 858. The molecule has 3 aromatic rings. The van der Waals surface area contributed by atoms with Gasteiger partial charge in [-0.3, -0.25) is 4.79 Å². The molecule has 0 saturated carbocycles. The molecule has 2 heterocycles. The quantitative estimate of drug-likeness (QED) is 0.574. The largest absolute Gasteiger partial charge is 0.493 e. The first-order valence-electron chi connectivity index (χ1n) is 8.13. The number of nitrogens with zero attached hydrogens (tertiary/aromatic N) is 1. The van der Waals surface area contributed by atoms with E-state index in [4.69, 9.17) is 14.3 Å². The number of hydrogen-bond donors (Lipinski definition) is 1. The Balaban J connectivity index is 1.53. The predicted molar refractivity (Wildman–Crippen MR) is 104 cm³/mol. The summed E-state index contributed by atoms with van der Waals surface area (Å²) in [6.07, 6.45) is 0.665. The van der Waals surface area contributed by atoms with Crippen LogP contribution < -0.4 is 4.74 Å². The summed E-state index contributed by atoms with van der Waals surface area (Å²) in [5.74, 6) is 2.20. The third kappa shape index (κ3) is 5.12. The van der Waals surface area contributed by atoms with Crippen LogP contribution in [0.25, 0.3) is 10.8 Å². The highest BCUT2D eigenvalue weighted by Crippen LogP contribution is 2.26. The van der Waals surface area contributed by atoms with Gasteiger partial charge in [0.25, 0.3) is 0 Å². The van der Waals surface area contributed by atoms with Gasteiger partial charge >= 0.3 is 5.97 Å². The van der Waals surface area contributed by atoms with Gasteiger partial charge in [-0.1, -0.05) is 18.2 Å². The molecule has 5 nitrogen and oxygen atoms in total. The van der Waals surface area contributed by atoms with Crippen LogP contribution in [0.3, 0.4) is 0 Å². The van der Waals surface area contributed by atoms with Crippen LogP contribution in [-0.4, -0.2) is 28.4 Å². The molecule has 26 heavy (non-hydrogen) atoms. The molecule has 0 saturated heterocycles. The number of ether oxygens (including phenoxy) is 1. The fraction of sp³-hybridized carbons (Fsp3) is 0.263. The Morgan fingerprint density at radius 1 is 1.35 bits per heavy atom. The topological polar surface area (TPSA) is 72.6 Å². The van der Waals surface area contributed by atoms with Crippen LogP contribution >= 0.6 is 23.1 Å². The van der Waals surface area contributed by atoms with Crippen LogP contribution in [0.5, 0.6) is 5.75 Å². The summed E-state index contributed by atoms with van der Waals surface area (Å²) in [5, 5.41) is 10.7. The molecule has 0 bridgehead atoms. The van der Waals surface area contributed by atoms with E-state index < -0.39 is 5.97 Å². The molecule has 0 aliphatic rings. The van der Waals surface area contributed by atoms with Crippen molar-refractivity contribution in [2.45, 2.75) is 19.1 Å². The van der Waals surface area contributed by atoms with Gasteiger partial charge in [0.05, 0.1) is 22.9 Å². The average Bonchev–Trinajstić information content (AvgIpc) is 3.25. The number of rotatable bonds is 9. The monoisotopic (exact) mass is 389 g/mol. The first kappa shape index (κ1) is 18.5. The molecular weight excluding hydrogens is 370 g/mol. The zero-order chi connectivity index (χ0) is 18.4. The Hall–Kier alpha value is -2.25. The van der Waals surface area contributed by atoms with Crippen molar-refractivity contribution >= 4 is 29.1 Å². The van der Waals surface area contributed by atoms with Gasteiger partial charge in [0.2, 0.25) is 5.89 Å². The normalized spacial score (nSPS) is 10.8. The van der Waals surface area contributed by atoms with Gasteiger partial charge in [0.15, 0.2) is 0 Å². The Morgan fingerprint density at radius 3 is 3.00 bits per heavy atom. The predicted octanol–water partition coefficient (Wildman–Crippen LogP) is 4.65. The highest BCUT2D eigenvalue weighted by Gasteiger charge is 2.12. The summed E-state index contributed by atoms with van der Waals surface area (Å²) >= 11 is 2.97. The molecule has 0 atom stereocenters. The second kappa shape index (κ2) is 8.91. The van der Waals surface area contributed by atoms with Gasteiger partial charge < -0.3 is 14.3 Å². The van der Waals surface area contributed by atoms with Crippen molar-refractivity contribution in [1.82, 2.24) is 4.98 Å². The number of carbonyl (C=O) groups is 1. The molecule has 1 N–H and O–H groups in total. The maximum absolute atomic E-state index is 10.6. The van der Waals surface area contributed by atoms with Crippen molar-refractivity contribution in [1.29, 1.82) is 0 Å². The van der Waals surface area contributed by atoms with Gasteiger partial charge in [0.1, 0.15) is 11.5 Å². The average molecular weight is 389 g/mol. The van der Waals surface area contributed by atoms with Crippen molar-refractivity contribution < 1.29 is 19.1 Å². The van der Waals surface area contributed by atoms with Gasteiger partial charge in [-0.2, -0.15) is 0 Å². The van der Waals surface area contributed by atoms with E-state index >= 15 is 0 Å². The molecule has 0 aliphatic heterocycles. The molecule has 0 spiro atoms. The van der Waals surface area contributed by atoms with Gasteiger partial charge in [0, 0.05) is 12.2 Å². The minimum atomic E-state index is -0.799. The first-order valence-corrected chi connectivity index (χ1v) is 10.2. The molecule has 3 rings (SSSR count). The SMILES string of the molecule is Cc1oc(-c2cccs2)nc1CCOc1cccc(CSCC(=O)O)c1. The number of aliphatic carboxylic acids is 1. The Kier molecular flexibility index (Phi) is 6.35. The summed E-state index contributed by atoms with van der Waals surface area (Å²) < 4.78 is 11.6. The van der Waals surface area contributed by atoms with Crippen molar-refractivity contribution in [3.8, 4) is 16.5 Å². The minimum Gasteiger partial charge on any atom is -0.493 e. The van der Waals surface area contributed by atoms with E-state index in [2.05, 4.69) is 4.98 Å². The maximum Gasteiger partial charge on any atom is 0.313 e. The maximum atomic E-state index is 10.6. The van der Waals surface area contributed by atoms with Crippen molar-refractivity contribution in [2.24, 2.45) is 0 Å². The lowest BCUT2D eigenvalue weighted by molar-refractivity contribution is -0.133. The van der Waals surface area contributed by atoms with E-state index in [-0.39, 0.29) is 5.75 Å². The molecule has 0 aliphatic carbocycles. The molecule has 136 valence electrons. The third-order valence-corrected chi connectivity index (χ3v) is 5.47. The van der Waals surface area contributed by atoms with Crippen LogP contribution in [0.15, 0.2) is 46.2 Å². The number of benzene rings is 1. The van der Waals surface area contributed by atoms with E-state index in [9.17, 15) is 4.79 Å². The zero-order valence-corrected chi connectivity index (χ0v) is 15.9. The summed E-state index contributed by atoms with van der Waals surface area (Å²) in [5.41, 5.74) is 1.95. The Morgan fingerprint density at radius 2 is 2.23 bits per heavy atom. The number of oxazole rings is 1. The number of aromatic nitrogens is 1. The summed E-state index contributed by atoms with van der Waals surface area (Å²) in [7, 11) is 0. The van der Waals surface area contributed by atoms with Crippen molar-refractivity contribution in [3.63, 3.8) is 0 Å². The standard InChI is InChI=1S/C19H19NO4S2/c1-13-16(20-19(24-13)17-6-3-9-26-17)7-8-23-15-5-2-4-14(10-15)11-25-12-18(21)22/h2-6,9-10H,7-8,11-12H2,1H3,(H,21,22). The lowest BCUT2D eigenvalue weighted by atomic mass is 10.2. The van der Waals surface area contributed by atoms with E-state index in [1.54, 1.807) is 11.3 Å². The second-order valence-corrected chi connectivity index (χ2v) is 7.56. The lowest BCUT2D eigenvalue weighted by Gasteiger charge is -2.07. The molecule has 1 aromatic carbocycles. The lowest BCUT2D eigenvalue weighted by Crippen LogP contribution is -2.03. The highest BCUT2D eigenvalue weighted by atomic mass is 32.2. The fourth-order valence-corrected chi connectivity index (χ4v) is 3.75. The number of hydrogen-bond acceptors (Lipinski definition) is 6. The molecule has 7 heteroatoms. The smallest absolute Gasteiger partial charge is 0.313 e. The van der Waals surface area contributed by atoms with Gasteiger partial charge in [-0.15, -0.1) is 23.1 Å². The molecule has 0 amide bonds. The molecule has 0 radical (unpaired) electrons. The van der Waals surface area contributed by atoms with Crippen LogP contribution in [0, 0.1) is 6.92 Å². The van der Waals surface area contributed by atoms with Crippen molar-refractivity contribution in [3.05, 3.63) is 58.8 Å². The number of aryl methyl sites for hydroxylation is 1.